The van der Waals surface area contributed by atoms with Crippen molar-refractivity contribution in [3.8, 4) is 11.3 Å². The molecule has 0 atom stereocenters. The van der Waals surface area contributed by atoms with Crippen molar-refractivity contribution in [3.05, 3.63) is 70.9 Å². The minimum Gasteiger partial charge on any atom is -0.380 e. The first kappa shape index (κ1) is 16.4. The van der Waals surface area contributed by atoms with Gasteiger partial charge in [-0.15, -0.1) is 0 Å². The molecular formula is C17H13ClF3N3. The van der Waals surface area contributed by atoms with Gasteiger partial charge >= 0.3 is 6.18 Å². The van der Waals surface area contributed by atoms with Crippen LogP contribution in [0.5, 0.6) is 0 Å². The van der Waals surface area contributed by atoms with Gasteiger partial charge < -0.3 is 5.32 Å². The normalized spacial score (nSPS) is 11.5. The minimum absolute atomic E-state index is 0.441. The van der Waals surface area contributed by atoms with Crippen molar-refractivity contribution in [3.63, 3.8) is 0 Å². The molecule has 0 fully saturated rings. The molecule has 0 unspecified atom stereocenters. The molecule has 1 aromatic heterocycles. The van der Waals surface area contributed by atoms with Gasteiger partial charge in [-0.1, -0.05) is 35.9 Å². The van der Waals surface area contributed by atoms with E-state index in [9.17, 15) is 13.2 Å². The van der Waals surface area contributed by atoms with Gasteiger partial charge in [0.05, 0.1) is 22.0 Å². The van der Waals surface area contributed by atoms with Gasteiger partial charge in [-0.3, -0.25) is 5.10 Å². The van der Waals surface area contributed by atoms with E-state index in [1.165, 1.54) is 12.1 Å². The largest absolute Gasteiger partial charge is 0.416 e. The summed E-state index contributed by atoms with van der Waals surface area (Å²) in [6.07, 6.45) is -2.64. The molecule has 2 aromatic carbocycles. The van der Waals surface area contributed by atoms with Gasteiger partial charge in [-0.2, -0.15) is 18.3 Å². The SMILES string of the molecule is FC(F)(F)c1ccc(-c2n[nH]cc2CNc2ccccc2Cl)cc1. The standard InChI is InChI=1S/C17H13ClF3N3/c18-14-3-1-2-4-15(14)22-9-12-10-23-24-16(12)11-5-7-13(8-6-11)17(19,20)21/h1-8,10,22H,9H2,(H,23,24). The van der Waals surface area contributed by atoms with Crippen LogP contribution in [-0.4, -0.2) is 10.2 Å². The van der Waals surface area contributed by atoms with Crippen molar-refractivity contribution in [2.45, 2.75) is 12.7 Å². The maximum atomic E-state index is 12.6. The second-order valence-corrected chi connectivity index (χ2v) is 5.57. The topological polar surface area (TPSA) is 40.7 Å². The van der Waals surface area contributed by atoms with Crippen LogP contribution >= 0.6 is 11.6 Å². The molecule has 3 aromatic rings. The molecule has 0 saturated carbocycles. The van der Waals surface area contributed by atoms with Crippen molar-refractivity contribution in [2.24, 2.45) is 0 Å². The van der Waals surface area contributed by atoms with Crippen molar-refractivity contribution < 1.29 is 13.2 Å². The number of rotatable bonds is 4. The lowest BCUT2D eigenvalue weighted by Gasteiger charge is -2.09. The first-order chi connectivity index (χ1) is 11.4. The van der Waals surface area contributed by atoms with Crippen LogP contribution in [0.2, 0.25) is 5.02 Å². The molecule has 3 nitrogen and oxygen atoms in total. The summed E-state index contributed by atoms with van der Waals surface area (Å²) in [6, 6.07) is 12.2. The lowest BCUT2D eigenvalue weighted by molar-refractivity contribution is -0.137. The maximum absolute atomic E-state index is 12.6. The molecule has 24 heavy (non-hydrogen) atoms. The van der Waals surface area contributed by atoms with Crippen molar-refractivity contribution >= 4 is 17.3 Å². The van der Waals surface area contributed by atoms with E-state index in [2.05, 4.69) is 15.5 Å². The Labute approximate surface area is 141 Å². The highest BCUT2D eigenvalue weighted by atomic mass is 35.5. The van der Waals surface area contributed by atoms with E-state index in [-0.39, 0.29) is 0 Å². The number of aromatic amines is 1. The Morgan fingerprint density at radius 1 is 1.04 bits per heavy atom. The molecule has 0 spiro atoms. The number of aromatic nitrogens is 2. The Morgan fingerprint density at radius 2 is 1.75 bits per heavy atom. The molecule has 124 valence electrons. The maximum Gasteiger partial charge on any atom is 0.416 e. The molecule has 0 amide bonds. The van der Waals surface area contributed by atoms with Crippen LogP contribution in [0.25, 0.3) is 11.3 Å². The average Bonchev–Trinajstić information content (AvgIpc) is 3.02. The van der Waals surface area contributed by atoms with Crippen LogP contribution in [0.15, 0.2) is 54.7 Å². The van der Waals surface area contributed by atoms with Crippen molar-refractivity contribution in [2.75, 3.05) is 5.32 Å². The Morgan fingerprint density at radius 3 is 2.42 bits per heavy atom. The third kappa shape index (κ3) is 3.54. The highest BCUT2D eigenvalue weighted by molar-refractivity contribution is 6.33. The number of nitrogens with zero attached hydrogens (tertiary/aromatic N) is 1. The summed E-state index contributed by atoms with van der Waals surface area (Å²) in [5.41, 5.74) is 2.13. The van der Waals surface area contributed by atoms with Crippen molar-refractivity contribution in [1.29, 1.82) is 0 Å². The second-order valence-electron chi connectivity index (χ2n) is 5.17. The van der Waals surface area contributed by atoms with Crippen LogP contribution in [0.1, 0.15) is 11.1 Å². The minimum atomic E-state index is -4.35. The molecule has 0 bridgehead atoms. The predicted octanol–water partition coefficient (Wildman–Crippen LogP) is 5.36. The number of hydrogen-bond donors (Lipinski definition) is 2. The number of anilines is 1. The van der Waals surface area contributed by atoms with E-state index in [1.54, 1.807) is 12.3 Å². The zero-order chi connectivity index (χ0) is 17.2. The summed E-state index contributed by atoms with van der Waals surface area (Å²) < 4.78 is 37.9. The monoisotopic (exact) mass is 351 g/mol. The molecule has 3 rings (SSSR count). The Kier molecular flexibility index (Phi) is 4.49. The highest BCUT2D eigenvalue weighted by Gasteiger charge is 2.30. The molecule has 0 saturated heterocycles. The smallest absolute Gasteiger partial charge is 0.380 e. The summed E-state index contributed by atoms with van der Waals surface area (Å²) in [5, 5.41) is 10.7. The lowest BCUT2D eigenvalue weighted by atomic mass is 10.1. The highest BCUT2D eigenvalue weighted by Crippen LogP contribution is 2.31. The number of alkyl halides is 3. The van der Waals surface area contributed by atoms with Gasteiger partial charge in [0.25, 0.3) is 0 Å². The van der Waals surface area contributed by atoms with Crippen LogP contribution in [0.4, 0.5) is 18.9 Å². The third-order valence-corrected chi connectivity index (χ3v) is 3.88. The molecule has 1 heterocycles. The average molecular weight is 352 g/mol. The van der Waals surface area contributed by atoms with Gasteiger partial charge in [-0.05, 0) is 24.3 Å². The fourth-order valence-electron chi connectivity index (χ4n) is 2.31. The lowest BCUT2D eigenvalue weighted by Crippen LogP contribution is -2.04. The summed E-state index contributed by atoms with van der Waals surface area (Å²) in [7, 11) is 0. The number of benzene rings is 2. The molecule has 0 aliphatic rings. The van der Waals surface area contributed by atoms with Gasteiger partial charge in [0.2, 0.25) is 0 Å². The van der Waals surface area contributed by atoms with Gasteiger partial charge in [0.15, 0.2) is 0 Å². The Bertz CT molecular complexity index is 826. The number of H-pyrrole nitrogens is 1. The molecular weight excluding hydrogens is 339 g/mol. The summed E-state index contributed by atoms with van der Waals surface area (Å²) >= 11 is 6.09. The van der Waals surface area contributed by atoms with Crippen LogP contribution in [-0.2, 0) is 12.7 Å². The fourth-order valence-corrected chi connectivity index (χ4v) is 2.51. The summed E-state index contributed by atoms with van der Waals surface area (Å²) in [5.74, 6) is 0. The van der Waals surface area contributed by atoms with Gasteiger partial charge in [0, 0.05) is 23.9 Å². The summed E-state index contributed by atoms with van der Waals surface area (Å²) in [6.45, 7) is 0.441. The van der Waals surface area contributed by atoms with E-state index in [0.717, 1.165) is 23.4 Å². The van der Waals surface area contributed by atoms with E-state index >= 15 is 0 Å². The molecule has 0 aliphatic carbocycles. The number of halogens is 4. The van der Waals surface area contributed by atoms with E-state index < -0.39 is 11.7 Å². The van der Waals surface area contributed by atoms with Crippen LogP contribution in [0, 0.1) is 0 Å². The third-order valence-electron chi connectivity index (χ3n) is 3.55. The van der Waals surface area contributed by atoms with Crippen molar-refractivity contribution in [1.82, 2.24) is 10.2 Å². The number of para-hydroxylation sites is 1. The van der Waals surface area contributed by atoms with Crippen LogP contribution in [0.3, 0.4) is 0 Å². The molecule has 2 N–H and O–H groups in total. The Hall–Kier alpha value is -2.47. The van der Waals surface area contributed by atoms with Gasteiger partial charge in [0.1, 0.15) is 0 Å². The van der Waals surface area contributed by atoms with Gasteiger partial charge in [-0.25, -0.2) is 0 Å². The fraction of sp³-hybridized carbons (Fsp3) is 0.118. The zero-order valence-electron chi connectivity index (χ0n) is 12.4. The first-order valence-electron chi connectivity index (χ1n) is 7.14. The molecule has 0 aliphatic heterocycles. The summed E-state index contributed by atoms with van der Waals surface area (Å²) in [4.78, 5) is 0. The number of hydrogen-bond acceptors (Lipinski definition) is 2. The molecule has 7 heteroatoms. The predicted molar refractivity (Wildman–Crippen MR) is 87.8 cm³/mol. The van der Waals surface area contributed by atoms with E-state index in [1.807, 2.05) is 18.2 Å². The van der Waals surface area contributed by atoms with E-state index in [4.69, 9.17) is 11.6 Å². The first-order valence-corrected chi connectivity index (χ1v) is 7.51. The Balaban J connectivity index is 1.79. The zero-order valence-corrected chi connectivity index (χ0v) is 13.1. The molecule has 0 radical (unpaired) electrons. The second kappa shape index (κ2) is 6.57. The van der Waals surface area contributed by atoms with E-state index in [0.29, 0.717) is 22.8 Å². The van der Waals surface area contributed by atoms with Crippen LogP contribution < -0.4 is 5.32 Å². The quantitative estimate of drug-likeness (QED) is 0.664. The number of nitrogens with one attached hydrogen (secondary N) is 2.